The topological polar surface area (TPSA) is 73.2 Å². The van der Waals surface area contributed by atoms with Crippen molar-refractivity contribution in [1.82, 2.24) is 10.2 Å². The Bertz CT molecular complexity index is 812. The van der Waals surface area contributed by atoms with Crippen LogP contribution in [0.3, 0.4) is 0 Å². The van der Waals surface area contributed by atoms with E-state index >= 15 is 0 Å². The highest BCUT2D eigenvalue weighted by atomic mass is 19.1. The predicted octanol–water partition coefficient (Wildman–Crippen LogP) is 2.69. The largest absolute Gasteiger partial charge is 0.338 e. The van der Waals surface area contributed by atoms with Gasteiger partial charge in [0, 0.05) is 24.9 Å². The van der Waals surface area contributed by atoms with Crippen molar-refractivity contribution in [2.45, 2.75) is 57.0 Å². The highest BCUT2D eigenvalue weighted by molar-refractivity contribution is 5.88. The molecule has 0 bridgehead atoms. The Morgan fingerprint density at radius 1 is 1.19 bits per heavy atom. The molecule has 27 heavy (non-hydrogen) atoms. The Morgan fingerprint density at radius 3 is 2.63 bits per heavy atom. The van der Waals surface area contributed by atoms with Crippen molar-refractivity contribution < 1.29 is 14.0 Å². The van der Waals surface area contributed by atoms with Crippen molar-refractivity contribution in [3.63, 3.8) is 0 Å². The van der Waals surface area contributed by atoms with Crippen molar-refractivity contribution in [2.75, 3.05) is 6.54 Å². The van der Waals surface area contributed by atoms with Crippen LogP contribution in [0.15, 0.2) is 18.2 Å². The molecule has 142 valence electrons. The molecule has 1 aromatic rings. The number of carbonyl (C=O) groups is 2. The van der Waals surface area contributed by atoms with Gasteiger partial charge in [0.05, 0.1) is 6.07 Å². The van der Waals surface area contributed by atoms with E-state index in [9.17, 15) is 19.2 Å². The molecule has 2 atom stereocenters. The molecule has 6 heteroatoms. The molecule has 1 aromatic carbocycles. The Kier molecular flexibility index (Phi) is 4.63. The minimum absolute atomic E-state index is 0.00781. The summed E-state index contributed by atoms with van der Waals surface area (Å²) in [7, 11) is 0. The van der Waals surface area contributed by atoms with Crippen molar-refractivity contribution in [3.8, 4) is 6.07 Å². The Hall–Kier alpha value is -2.42. The first-order valence-electron chi connectivity index (χ1n) is 9.81. The quantitative estimate of drug-likeness (QED) is 0.890. The molecule has 3 aliphatic rings. The first-order valence-corrected chi connectivity index (χ1v) is 9.81. The maximum atomic E-state index is 13.6. The Balaban J connectivity index is 1.48. The molecule has 0 saturated heterocycles. The molecule has 2 saturated carbocycles. The number of nitriles is 1. The van der Waals surface area contributed by atoms with E-state index in [2.05, 4.69) is 11.4 Å². The first-order chi connectivity index (χ1) is 13.0. The fourth-order valence-corrected chi connectivity index (χ4v) is 4.41. The van der Waals surface area contributed by atoms with Gasteiger partial charge in [0.15, 0.2) is 0 Å². The summed E-state index contributed by atoms with van der Waals surface area (Å²) in [4.78, 5) is 27.7. The summed E-state index contributed by atoms with van der Waals surface area (Å²) in [6.45, 7) is 1.00. The summed E-state index contributed by atoms with van der Waals surface area (Å²) in [6.07, 6.45) is 5.33. The molecule has 0 aromatic heterocycles. The van der Waals surface area contributed by atoms with Crippen molar-refractivity contribution >= 4 is 11.8 Å². The number of amides is 2. The lowest BCUT2D eigenvalue weighted by atomic mass is 9.77. The number of halogens is 1. The van der Waals surface area contributed by atoms with Crippen LogP contribution in [0.2, 0.25) is 0 Å². The second kappa shape index (κ2) is 6.95. The van der Waals surface area contributed by atoms with Crippen LogP contribution in [0, 0.1) is 29.0 Å². The third-order valence-electron chi connectivity index (χ3n) is 6.24. The molecule has 5 nitrogen and oxygen atoms in total. The van der Waals surface area contributed by atoms with Crippen LogP contribution in [0.1, 0.15) is 49.7 Å². The van der Waals surface area contributed by atoms with Crippen molar-refractivity contribution in [3.05, 3.63) is 35.1 Å². The SMILES string of the molecule is N#CC1(NC(=O)[C@@H]2CCCC[C@H]2C(=O)N2CCc3ccc(F)cc3C2)CC1. The second-order valence-electron chi connectivity index (χ2n) is 8.10. The Morgan fingerprint density at radius 2 is 1.93 bits per heavy atom. The molecule has 0 spiro atoms. The van der Waals surface area contributed by atoms with Gasteiger partial charge in [-0.3, -0.25) is 9.59 Å². The van der Waals surface area contributed by atoms with E-state index in [4.69, 9.17) is 0 Å². The number of hydrogen-bond acceptors (Lipinski definition) is 3. The molecule has 2 aliphatic carbocycles. The average molecular weight is 369 g/mol. The average Bonchev–Trinajstić information content (AvgIpc) is 3.46. The molecular weight excluding hydrogens is 345 g/mol. The van der Waals surface area contributed by atoms with Gasteiger partial charge in [-0.25, -0.2) is 4.39 Å². The minimum atomic E-state index is -0.705. The molecule has 2 amide bonds. The van der Waals surface area contributed by atoms with E-state index in [1.54, 1.807) is 11.0 Å². The van der Waals surface area contributed by atoms with Gasteiger partial charge in [0.25, 0.3) is 0 Å². The van der Waals surface area contributed by atoms with Crippen LogP contribution in [-0.2, 0) is 22.6 Å². The van der Waals surface area contributed by atoms with Gasteiger partial charge in [-0.05, 0) is 55.4 Å². The van der Waals surface area contributed by atoms with E-state index < -0.39 is 5.54 Å². The smallest absolute Gasteiger partial charge is 0.226 e. The monoisotopic (exact) mass is 369 g/mol. The lowest BCUT2D eigenvalue weighted by molar-refractivity contribution is -0.144. The molecule has 0 radical (unpaired) electrons. The molecule has 4 rings (SSSR count). The van der Waals surface area contributed by atoms with Crippen LogP contribution >= 0.6 is 0 Å². The van der Waals surface area contributed by atoms with E-state index in [1.165, 1.54) is 12.1 Å². The number of benzene rings is 1. The number of hydrogen-bond donors (Lipinski definition) is 1. The van der Waals surface area contributed by atoms with Crippen LogP contribution in [0.5, 0.6) is 0 Å². The fourth-order valence-electron chi connectivity index (χ4n) is 4.41. The van der Waals surface area contributed by atoms with Crippen molar-refractivity contribution in [2.24, 2.45) is 11.8 Å². The molecule has 0 unspecified atom stereocenters. The maximum Gasteiger partial charge on any atom is 0.226 e. The minimum Gasteiger partial charge on any atom is -0.338 e. The second-order valence-corrected chi connectivity index (χ2v) is 8.10. The van der Waals surface area contributed by atoms with Gasteiger partial charge in [-0.2, -0.15) is 5.26 Å². The van der Waals surface area contributed by atoms with Gasteiger partial charge in [-0.1, -0.05) is 18.9 Å². The van der Waals surface area contributed by atoms with Gasteiger partial charge < -0.3 is 10.2 Å². The van der Waals surface area contributed by atoms with Gasteiger partial charge >= 0.3 is 0 Å². The number of fused-ring (bicyclic) bond motifs is 1. The molecule has 2 fully saturated rings. The highest BCUT2D eigenvalue weighted by Crippen LogP contribution is 2.37. The number of nitrogens with one attached hydrogen (secondary N) is 1. The van der Waals surface area contributed by atoms with Crippen LogP contribution in [0.4, 0.5) is 4.39 Å². The summed E-state index contributed by atoms with van der Waals surface area (Å²) in [5.41, 5.74) is 1.24. The van der Waals surface area contributed by atoms with Crippen molar-refractivity contribution in [1.29, 1.82) is 5.26 Å². The van der Waals surface area contributed by atoms with E-state index in [0.717, 1.165) is 24.0 Å². The van der Waals surface area contributed by atoms with E-state index in [-0.39, 0.29) is 29.5 Å². The summed E-state index contributed by atoms with van der Waals surface area (Å²) in [5, 5.41) is 12.1. The lowest BCUT2D eigenvalue weighted by Gasteiger charge is -2.36. The molecular formula is C21H24FN3O2. The normalized spacial score (nSPS) is 25.9. The fraction of sp³-hybridized carbons (Fsp3) is 0.571. The number of nitrogens with zero attached hydrogens (tertiary/aromatic N) is 2. The third kappa shape index (κ3) is 3.55. The summed E-state index contributed by atoms with van der Waals surface area (Å²) < 4.78 is 13.6. The van der Waals surface area contributed by atoms with E-state index in [1.807, 2.05) is 0 Å². The summed E-state index contributed by atoms with van der Waals surface area (Å²) in [6, 6.07) is 6.94. The predicted molar refractivity (Wildman–Crippen MR) is 96.7 cm³/mol. The van der Waals surface area contributed by atoms with Crippen LogP contribution in [0.25, 0.3) is 0 Å². The Labute approximate surface area is 158 Å². The number of carbonyl (C=O) groups excluding carboxylic acids is 2. The number of rotatable bonds is 3. The van der Waals surface area contributed by atoms with Gasteiger partial charge in [0.1, 0.15) is 11.4 Å². The zero-order chi connectivity index (χ0) is 19.0. The first kappa shape index (κ1) is 18.0. The summed E-state index contributed by atoms with van der Waals surface area (Å²) in [5.74, 6) is -1.17. The van der Waals surface area contributed by atoms with E-state index in [0.29, 0.717) is 45.2 Å². The molecule has 1 aliphatic heterocycles. The standard InChI is InChI=1S/C21H24FN3O2/c22-16-6-5-14-7-10-25(12-15(14)11-16)20(27)18-4-2-1-3-17(18)19(26)24-21(13-23)8-9-21/h5-6,11,17-18H,1-4,7-10,12H2,(H,24,26)/t17-,18-/m1/s1. The van der Waals surface area contributed by atoms with Gasteiger partial charge in [0.2, 0.25) is 11.8 Å². The lowest BCUT2D eigenvalue weighted by Crippen LogP contribution is -2.48. The maximum absolute atomic E-state index is 13.6. The summed E-state index contributed by atoms with van der Waals surface area (Å²) >= 11 is 0. The zero-order valence-corrected chi connectivity index (χ0v) is 15.3. The highest BCUT2D eigenvalue weighted by Gasteiger charge is 2.47. The van der Waals surface area contributed by atoms with Gasteiger partial charge in [-0.15, -0.1) is 0 Å². The molecule has 1 N–H and O–H groups in total. The molecule has 1 heterocycles. The van der Waals surface area contributed by atoms with Crippen LogP contribution in [-0.4, -0.2) is 28.8 Å². The zero-order valence-electron chi connectivity index (χ0n) is 15.3. The van der Waals surface area contributed by atoms with Crippen LogP contribution < -0.4 is 5.32 Å². The third-order valence-corrected chi connectivity index (χ3v) is 6.24.